The van der Waals surface area contributed by atoms with Crippen LogP contribution >= 0.6 is 0 Å². The summed E-state index contributed by atoms with van der Waals surface area (Å²) in [5.41, 5.74) is 1.49. The van der Waals surface area contributed by atoms with E-state index in [0.29, 0.717) is 0 Å². The maximum Gasteiger partial charge on any atom is 0.104 e. The Morgan fingerprint density at radius 3 is 1.68 bits per heavy atom. The van der Waals surface area contributed by atoms with E-state index in [4.69, 9.17) is 0 Å². The van der Waals surface area contributed by atoms with Gasteiger partial charge in [0.1, 0.15) is 6.54 Å². The molecule has 0 fully saturated rings. The molecule has 25 heavy (non-hydrogen) atoms. The van der Waals surface area contributed by atoms with Crippen LogP contribution in [0.15, 0.2) is 30.3 Å². The Hall–Kier alpha value is -0.530. The number of nitrogens with zero attached hydrogens (tertiary/aromatic N) is 1. The van der Waals surface area contributed by atoms with Gasteiger partial charge >= 0.3 is 0 Å². The fraction of sp³-hybridized carbons (Fsp3) is 0.739. The Morgan fingerprint density at radius 1 is 0.640 bits per heavy atom. The smallest absolute Gasteiger partial charge is 0.104 e. The minimum absolute atomic E-state index is 0. The maximum absolute atomic E-state index is 2.45. The lowest BCUT2D eigenvalue weighted by molar-refractivity contribution is -0.922. The normalized spacial score (nSPS) is 13.2. The number of hydrogen-bond acceptors (Lipinski definition) is 0. The van der Waals surface area contributed by atoms with Crippen LogP contribution in [0.25, 0.3) is 0 Å². The summed E-state index contributed by atoms with van der Waals surface area (Å²) in [5.74, 6) is 0. The van der Waals surface area contributed by atoms with Gasteiger partial charge in [0.2, 0.25) is 0 Å². The van der Waals surface area contributed by atoms with E-state index in [1.165, 1.54) is 100 Å². The first-order chi connectivity index (χ1) is 11.7. The maximum atomic E-state index is 2.45. The summed E-state index contributed by atoms with van der Waals surface area (Å²) < 4.78 is 1.21. The molecule has 0 bridgehead atoms. The fourth-order valence-electron chi connectivity index (χ4n) is 3.81. The second-order valence-corrected chi connectivity index (χ2v) is 7.89. The fourth-order valence-corrected chi connectivity index (χ4v) is 3.81. The summed E-state index contributed by atoms with van der Waals surface area (Å²) in [6.45, 7) is 8.43. The van der Waals surface area contributed by atoms with Crippen LogP contribution in [-0.4, -0.2) is 24.6 Å². The molecular weight excluding hydrogens is 326 g/mol. The molecule has 0 aliphatic heterocycles. The quantitative estimate of drug-likeness (QED) is 0.325. The van der Waals surface area contributed by atoms with E-state index in [1.54, 1.807) is 0 Å². The van der Waals surface area contributed by atoms with Crippen LogP contribution in [0, 0.1) is 0 Å². The summed E-state index contributed by atoms with van der Waals surface area (Å²) in [5, 5.41) is 0. The van der Waals surface area contributed by atoms with Crippen molar-refractivity contribution in [3.63, 3.8) is 0 Å². The monoisotopic (exact) mass is 367 g/mol. The molecule has 0 spiro atoms. The van der Waals surface area contributed by atoms with Crippen molar-refractivity contribution in [1.82, 2.24) is 0 Å². The van der Waals surface area contributed by atoms with E-state index in [-0.39, 0.29) is 12.4 Å². The van der Waals surface area contributed by atoms with Gasteiger partial charge < -0.3 is 16.9 Å². The van der Waals surface area contributed by atoms with Gasteiger partial charge in [0.15, 0.2) is 0 Å². The number of unbranched alkanes of at least 4 members (excludes halogenated alkanes) is 9. The van der Waals surface area contributed by atoms with Crippen molar-refractivity contribution in [2.24, 2.45) is 0 Å². The Balaban J connectivity index is 0.00000576. The number of hydrogen-bond donors (Lipinski definition) is 0. The predicted octanol–water partition coefficient (Wildman–Crippen LogP) is 3.97. The van der Waals surface area contributed by atoms with Crippen molar-refractivity contribution in [2.45, 2.75) is 91.0 Å². The van der Waals surface area contributed by atoms with E-state index in [2.05, 4.69) is 51.2 Å². The van der Waals surface area contributed by atoms with Crippen molar-refractivity contribution in [1.29, 1.82) is 0 Å². The molecular formula is C23H42ClN. The van der Waals surface area contributed by atoms with Gasteiger partial charge in [-0.1, -0.05) is 95.5 Å². The average Bonchev–Trinajstić information content (AvgIpc) is 2.57. The average molecular weight is 368 g/mol. The molecule has 1 unspecified atom stereocenters. The van der Waals surface area contributed by atoms with E-state index in [0.717, 1.165) is 0 Å². The van der Waals surface area contributed by atoms with Gasteiger partial charge in [0, 0.05) is 5.56 Å². The number of rotatable bonds is 15. The largest absolute Gasteiger partial charge is 1.00 e. The second-order valence-electron chi connectivity index (χ2n) is 7.89. The number of quaternary nitrogens is 1. The molecule has 0 aromatic heterocycles. The zero-order valence-electron chi connectivity index (χ0n) is 17.1. The Kier molecular flexibility index (Phi) is 15.4. The third-order valence-corrected chi connectivity index (χ3v) is 5.22. The van der Waals surface area contributed by atoms with E-state index >= 15 is 0 Å². The minimum Gasteiger partial charge on any atom is -1.00 e. The third kappa shape index (κ3) is 12.5. The van der Waals surface area contributed by atoms with Gasteiger partial charge in [-0.15, -0.1) is 0 Å². The van der Waals surface area contributed by atoms with E-state index in [1.807, 2.05) is 0 Å². The molecule has 0 N–H and O–H groups in total. The molecule has 1 aromatic rings. The molecule has 0 saturated carbocycles. The molecule has 1 aromatic carbocycles. The molecule has 0 heterocycles. The van der Waals surface area contributed by atoms with Gasteiger partial charge in [0.05, 0.1) is 20.1 Å². The Labute approximate surface area is 164 Å². The Bertz CT molecular complexity index is 392. The molecule has 1 atom stereocenters. The highest BCUT2D eigenvalue weighted by Crippen LogP contribution is 2.16. The highest BCUT2D eigenvalue weighted by atomic mass is 35.5. The number of halogens is 1. The second kappa shape index (κ2) is 15.7. The molecule has 1 nitrogen and oxygen atoms in total. The van der Waals surface area contributed by atoms with E-state index in [9.17, 15) is 0 Å². The first-order valence-electron chi connectivity index (χ1n) is 10.6. The van der Waals surface area contributed by atoms with Crippen LogP contribution < -0.4 is 12.4 Å². The third-order valence-electron chi connectivity index (χ3n) is 5.22. The van der Waals surface area contributed by atoms with Crippen molar-refractivity contribution >= 4 is 0 Å². The van der Waals surface area contributed by atoms with Gasteiger partial charge in [-0.2, -0.15) is 0 Å². The van der Waals surface area contributed by atoms with Crippen molar-refractivity contribution in [3.05, 3.63) is 35.9 Å². The molecule has 0 radical (unpaired) electrons. The van der Waals surface area contributed by atoms with Crippen LogP contribution in [0.4, 0.5) is 0 Å². The van der Waals surface area contributed by atoms with Crippen molar-refractivity contribution < 1.29 is 16.9 Å². The zero-order chi connectivity index (χ0) is 17.5. The molecule has 1 rings (SSSR count). The molecule has 0 aliphatic rings. The molecule has 0 saturated heterocycles. The highest BCUT2D eigenvalue weighted by molar-refractivity contribution is 5.13. The van der Waals surface area contributed by atoms with Crippen LogP contribution in [0.2, 0.25) is 0 Å². The summed E-state index contributed by atoms with van der Waals surface area (Å²) in [4.78, 5) is 0. The summed E-state index contributed by atoms with van der Waals surface area (Å²) in [6.07, 6.45) is 15.6. The molecule has 0 amide bonds. The van der Waals surface area contributed by atoms with Gasteiger partial charge in [-0.05, 0) is 19.3 Å². The molecule has 0 aliphatic carbocycles. The SMILES string of the molecule is CCCCCCCCCCCC[N+](C)(CCC)Cc1ccccc1.[Cl-]. The van der Waals surface area contributed by atoms with Crippen LogP contribution in [0.3, 0.4) is 0 Å². The van der Waals surface area contributed by atoms with Crippen LogP contribution in [0.5, 0.6) is 0 Å². The Morgan fingerprint density at radius 2 is 1.16 bits per heavy atom. The lowest BCUT2D eigenvalue weighted by atomic mass is 10.1. The van der Waals surface area contributed by atoms with Gasteiger partial charge in [-0.25, -0.2) is 0 Å². The van der Waals surface area contributed by atoms with Crippen molar-refractivity contribution in [3.8, 4) is 0 Å². The minimum atomic E-state index is 0. The van der Waals surface area contributed by atoms with Crippen molar-refractivity contribution in [2.75, 3.05) is 20.1 Å². The standard InChI is InChI=1S/C23H42N.ClH/c1-4-6-7-8-9-10-11-12-13-17-21-24(3,20-5-2)22-23-18-15-14-16-19-23;/h14-16,18-19H,4-13,17,20-22H2,1-3H3;1H/q+1;/p-1. The first kappa shape index (κ1) is 24.5. The summed E-state index contributed by atoms with van der Waals surface area (Å²) in [7, 11) is 2.45. The molecule has 146 valence electrons. The summed E-state index contributed by atoms with van der Waals surface area (Å²) in [6, 6.07) is 11.0. The predicted molar refractivity (Wildman–Crippen MR) is 108 cm³/mol. The highest BCUT2D eigenvalue weighted by Gasteiger charge is 2.20. The molecule has 2 heteroatoms. The topological polar surface area (TPSA) is 0 Å². The first-order valence-corrected chi connectivity index (χ1v) is 10.6. The van der Waals surface area contributed by atoms with E-state index < -0.39 is 0 Å². The van der Waals surface area contributed by atoms with Crippen LogP contribution in [0.1, 0.15) is 90.0 Å². The van der Waals surface area contributed by atoms with Gasteiger partial charge in [0.25, 0.3) is 0 Å². The van der Waals surface area contributed by atoms with Crippen LogP contribution in [-0.2, 0) is 6.54 Å². The number of benzene rings is 1. The summed E-state index contributed by atoms with van der Waals surface area (Å²) >= 11 is 0. The zero-order valence-corrected chi connectivity index (χ0v) is 17.9. The lowest BCUT2D eigenvalue weighted by Gasteiger charge is -2.34. The lowest BCUT2D eigenvalue weighted by Crippen LogP contribution is -3.00. The van der Waals surface area contributed by atoms with Gasteiger partial charge in [-0.3, -0.25) is 0 Å².